The third kappa shape index (κ3) is 4.44. The summed E-state index contributed by atoms with van der Waals surface area (Å²) in [6.07, 6.45) is 0.987. The van der Waals surface area contributed by atoms with E-state index in [1.165, 1.54) is 0 Å². The first-order valence-corrected chi connectivity index (χ1v) is 5.91. The van der Waals surface area contributed by atoms with Gasteiger partial charge in [0.25, 0.3) is 0 Å². The van der Waals surface area contributed by atoms with E-state index in [9.17, 15) is 4.79 Å². The molecule has 1 aromatic heterocycles. The largest absolute Gasteiger partial charge is 0.396 e. The number of rotatable bonds is 5. The first-order chi connectivity index (χ1) is 7.03. The van der Waals surface area contributed by atoms with Gasteiger partial charge in [-0.15, -0.1) is 0 Å². The first-order valence-electron chi connectivity index (χ1n) is 4.96. The molecule has 3 nitrogen and oxygen atoms in total. The number of carbonyl (C=O) groups excluding carboxylic acids is 1. The predicted molar refractivity (Wildman–Crippen MR) is 61.9 cm³/mol. The third-order valence-electron chi connectivity index (χ3n) is 2.16. The van der Waals surface area contributed by atoms with Crippen molar-refractivity contribution < 1.29 is 9.90 Å². The van der Waals surface area contributed by atoms with Crippen molar-refractivity contribution in [2.24, 2.45) is 0 Å². The van der Waals surface area contributed by atoms with Gasteiger partial charge in [-0.1, -0.05) is 0 Å². The van der Waals surface area contributed by atoms with Crippen molar-refractivity contribution in [3.8, 4) is 0 Å². The van der Waals surface area contributed by atoms with Gasteiger partial charge in [0.1, 0.15) is 0 Å². The molecule has 84 valence electrons. The monoisotopic (exact) mass is 227 g/mol. The second kappa shape index (κ2) is 5.28. The Balaban J connectivity index is 2.42. The third-order valence-corrected chi connectivity index (χ3v) is 2.89. The molecule has 0 aliphatic carbocycles. The quantitative estimate of drug-likeness (QED) is 0.802. The van der Waals surface area contributed by atoms with Crippen molar-refractivity contribution in [2.75, 3.05) is 6.61 Å². The topological polar surface area (TPSA) is 49.3 Å². The number of nitrogens with one attached hydrogen (secondary N) is 1. The van der Waals surface area contributed by atoms with Crippen LogP contribution in [0, 0.1) is 0 Å². The standard InChI is InChI=1S/C11H17NO2S/c1-11(2,4-5-13)12-10(14)7-9-3-6-15-8-9/h3,6,8,13H,4-5,7H2,1-2H3,(H,12,14). The molecule has 0 atom stereocenters. The van der Waals surface area contributed by atoms with Crippen LogP contribution in [0.3, 0.4) is 0 Å². The molecule has 2 N–H and O–H groups in total. The number of aliphatic hydroxyl groups is 1. The Labute approximate surface area is 94.1 Å². The first kappa shape index (κ1) is 12.2. The molecular formula is C11H17NO2S. The van der Waals surface area contributed by atoms with E-state index >= 15 is 0 Å². The van der Waals surface area contributed by atoms with Gasteiger partial charge < -0.3 is 10.4 Å². The molecule has 15 heavy (non-hydrogen) atoms. The van der Waals surface area contributed by atoms with Gasteiger partial charge in [-0.3, -0.25) is 4.79 Å². The van der Waals surface area contributed by atoms with E-state index in [4.69, 9.17) is 5.11 Å². The summed E-state index contributed by atoms with van der Waals surface area (Å²) < 4.78 is 0. The zero-order valence-corrected chi connectivity index (χ0v) is 9.93. The van der Waals surface area contributed by atoms with Crippen molar-refractivity contribution in [3.63, 3.8) is 0 Å². The van der Waals surface area contributed by atoms with Crippen LogP contribution in [-0.2, 0) is 11.2 Å². The fourth-order valence-electron chi connectivity index (χ4n) is 1.34. The van der Waals surface area contributed by atoms with Gasteiger partial charge in [0, 0.05) is 12.1 Å². The van der Waals surface area contributed by atoms with E-state index in [0.717, 1.165) is 5.56 Å². The lowest BCUT2D eigenvalue weighted by atomic mass is 10.0. The summed E-state index contributed by atoms with van der Waals surface area (Å²) in [5, 5.41) is 15.7. The van der Waals surface area contributed by atoms with Crippen LogP contribution in [0.4, 0.5) is 0 Å². The second-order valence-electron chi connectivity index (χ2n) is 4.21. The molecule has 1 rings (SSSR count). The number of hydrogen-bond donors (Lipinski definition) is 2. The summed E-state index contributed by atoms with van der Waals surface area (Å²) in [4.78, 5) is 11.6. The molecule has 0 aliphatic heterocycles. The van der Waals surface area contributed by atoms with Crippen LogP contribution >= 0.6 is 11.3 Å². The van der Waals surface area contributed by atoms with Crippen LogP contribution in [0.1, 0.15) is 25.8 Å². The minimum Gasteiger partial charge on any atom is -0.396 e. The zero-order valence-electron chi connectivity index (χ0n) is 9.12. The summed E-state index contributed by atoms with van der Waals surface area (Å²) in [7, 11) is 0. The maximum absolute atomic E-state index is 11.6. The highest BCUT2D eigenvalue weighted by molar-refractivity contribution is 7.07. The average Bonchev–Trinajstić information content (AvgIpc) is 2.54. The summed E-state index contributed by atoms with van der Waals surface area (Å²) in [5.41, 5.74) is 0.708. The molecule has 0 bridgehead atoms. The van der Waals surface area contributed by atoms with Gasteiger partial charge in [-0.2, -0.15) is 11.3 Å². The van der Waals surface area contributed by atoms with Crippen molar-refractivity contribution in [3.05, 3.63) is 22.4 Å². The van der Waals surface area contributed by atoms with Gasteiger partial charge in [-0.05, 0) is 42.7 Å². The molecule has 0 saturated heterocycles. The highest BCUT2D eigenvalue weighted by Crippen LogP contribution is 2.10. The molecule has 0 saturated carbocycles. The summed E-state index contributed by atoms with van der Waals surface area (Å²) in [6, 6.07) is 1.95. The SMILES string of the molecule is CC(C)(CCO)NC(=O)Cc1ccsc1. The number of amides is 1. The fraction of sp³-hybridized carbons (Fsp3) is 0.545. The molecule has 1 amide bonds. The van der Waals surface area contributed by atoms with Crippen LogP contribution in [0.5, 0.6) is 0 Å². The minimum atomic E-state index is -0.331. The Morgan fingerprint density at radius 3 is 2.87 bits per heavy atom. The Morgan fingerprint density at radius 1 is 1.60 bits per heavy atom. The van der Waals surface area contributed by atoms with E-state index < -0.39 is 0 Å². The van der Waals surface area contributed by atoms with Crippen molar-refractivity contribution in [2.45, 2.75) is 32.2 Å². The van der Waals surface area contributed by atoms with Gasteiger partial charge in [0.15, 0.2) is 0 Å². The number of carbonyl (C=O) groups is 1. The molecule has 0 radical (unpaired) electrons. The van der Waals surface area contributed by atoms with Crippen LogP contribution < -0.4 is 5.32 Å². The molecule has 0 fully saturated rings. The number of thiophene rings is 1. The second-order valence-corrected chi connectivity index (χ2v) is 4.99. The molecule has 0 aromatic carbocycles. The Bertz CT molecular complexity index is 306. The molecule has 1 aromatic rings. The van der Waals surface area contributed by atoms with Crippen molar-refractivity contribution in [1.82, 2.24) is 5.32 Å². The van der Waals surface area contributed by atoms with E-state index in [-0.39, 0.29) is 18.1 Å². The maximum Gasteiger partial charge on any atom is 0.224 e. The Hall–Kier alpha value is -0.870. The van der Waals surface area contributed by atoms with Crippen molar-refractivity contribution in [1.29, 1.82) is 0 Å². The molecular weight excluding hydrogens is 210 g/mol. The number of aliphatic hydroxyl groups excluding tert-OH is 1. The predicted octanol–water partition coefficient (Wildman–Crippen LogP) is 1.57. The highest BCUT2D eigenvalue weighted by atomic mass is 32.1. The molecule has 0 unspecified atom stereocenters. The van der Waals surface area contributed by atoms with E-state index in [1.54, 1.807) is 11.3 Å². The maximum atomic E-state index is 11.6. The summed E-state index contributed by atoms with van der Waals surface area (Å²) in [6.45, 7) is 3.91. The van der Waals surface area contributed by atoms with E-state index in [1.807, 2.05) is 30.7 Å². The van der Waals surface area contributed by atoms with Gasteiger partial charge >= 0.3 is 0 Å². The molecule has 0 spiro atoms. The van der Waals surface area contributed by atoms with E-state index in [2.05, 4.69) is 5.32 Å². The molecule has 0 aliphatic rings. The van der Waals surface area contributed by atoms with Gasteiger partial charge in [0.2, 0.25) is 5.91 Å². The Kier molecular flexibility index (Phi) is 4.29. The minimum absolute atomic E-state index is 0.00634. The average molecular weight is 227 g/mol. The summed E-state index contributed by atoms with van der Waals surface area (Å²) >= 11 is 1.59. The zero-order chi connectivity index (χ0) is 11.3. The van der Waals surface area contributed by atoms with Crippen LogP contribution in [0.25, 0.3) is 0 Å². The molecule has 1 heterocycles. The van der Waals surface area contributed by atoms with Crippen LogP contribution in [0.15, 0.2) is 16.8 Å². The lowest BCUT2D eigenvalue weighted by Crippen LogP contribution is -2.44. The Morgan fingerprint density at radius 2 is 2.33 bits per heavy atom. The fourth-order valence-corrected chi connectivity index (χ4v) is 2.01. The van der Waals surface area contributed by atoms with Gasteiger partial charge in [-0.25, -0.2) is 0 Å². The summed E-state index contributed by atoms with van der Waals surface area (Å²) in [5.74, 6) is 0.00634. The van der Waals surface area contributed by atoms with Crippen molar-refractivity contribution >= 4 is 17.2 Å². The highest BCUT2D eigenvalue weighted by Gasteiger charge is 2.19. The van der Waals surface area contributed by atoms with E-state index in [0.29, 0.717) is 12.8 Å². The number of hydrogen-bond acceptors (Lipinski definition) is 3. The normalized spacial score (nSPS) is 11.4. The van der Waals surface area contributed by atoms with Crippen LogP contribution in [-0.4, -0.2) is 23.2 Å². The lowest BCUT2D eigenvalue weighted by molar-refractivity contribution is -0.122. The smallest absolute Gasteiger partial charge is 0.224 e. The van der Waals surface area contributed by atoms with Crippen LogP contribution in [0.2, 0.25) is 0 Å². The lowest BCUT2D eigenvalue weighted by Gasteiger charge is -2.25. The molecule has 4 heteroatoms. The van der Waals surface area contributed by atoms with Gasteiger partial charge in [0.05, 0.1) is 6.42 Å².